The lowest BCUT2D eigenvalue weighted by Gasteiger charge is -2.43. The summed E-state index contributed by atoms with van der Waals surface area (Å²) in [6.07, 6.45) is 2.13. The van der Waals surface area contributed by atoms with Crippen molar-refractivity contribution in [1.82, 2.24) is 15.0 Å². The van der Waals surface area contributed by atoms with Gasteiger partial charge in [-0.25, -0.2) is 9.97 Å². The Hall–Kier alpha value is -5.29. The van der Waals surface area contributed by atoms with Crippen LogP contribution in [0.3, 0.4) is 0 Å². The summed E-state index contributed by atoms with van der Waals surface area (Å²) in [7, 11) is -2.65. The van der Waals surface area contributed by atoms with Gasteiger partial charge < -0.3 is 30.3 Å². The van der Waals surface area contributed by atoms with Crippen molar-refractivity contribution in [1.29, 1.82) is 0 Å². The summed E-state index contributed by atoms with van der Waals surface area (Å²) < 4.78 is 13.1. The normalized spacial score (nSPS) is 11.9. The van der Waals surface area contributed by atoms with E-state index in [2.05, 4.69) is 84.6 Å². The minimum atomic E-state index is -2.65. The highest BCUT2D eigenvalue weighted by Crippen LogP contribution is 2.37. The number of imidazole rings is 1. The molecule has 0 spiro atoms. The lowest BCUT2D eigenvalue weighted by Crippen LogP contribution is -2.66. The number of fused-ring (bicyclic) bond motifs is 1. The molecule has 1 amide bonds. The number of benzene rings is 4. The van der Waals surface area contributed by atoms with E-state index in [9.17, 15) is 9.90 Å². The second kappa shape index (κ2) is 14.7. The molecule has 50 heavy (non-hydrogen) atoms. The molecule has 0 saturated carbocycles. The van der Waals surface area contributed by atoms with Crippen LogP contribution >= 0.6 is 0 Å². The van der Waals surface area contributed by atoms with Crippen molar-refractivity contribution in [3.8, 4) is 17.1 Å². The topological polar surface area (TPSA) is 135 Å². The van der Waals surface area contributed by atoms with Crippen LogP contribution in [0.15, 0.2) is 109 Å². The van der Waals surface area contributed by atoms with E-state index in [1.165, 1.54) is 16.6 Å². The second-order valence-corrected chi connectivity index (χ2v) is 17.5. The van der Waals surface area contributed by atoms with Crippen molar-refractivity contribution >= 4 is 47.1 Å². The number of nitrogens with zero attached hydrogens (tertiary/aromatic N) is 2. The molecule has 0 bridgehead atoms. The highest BCUT2D eigenvalue weighted by atomic mass is 28.4. The molecule has 2 heterocycles. The van der Waals surface area contributed by atoms with Gasteiger partial charge in [-0.3, -0.25) is 4.79 Å². The van der Waals surface area contributed by atoms with Crippen LogP contribution < -0.4 is 26.2 Å². The number of aliphatic hydroxyl groups excluding tert-OH is 1. The molecule has 0 atom stereocenters. The van der Waals surface area contributed by atoms with Gasteiger partial charge in [0.1, 0.15) is 23.7 Å². The van der Waals surface area contributed by atoms with Crippen molar-refractivity contribution in [2.75, 3.05) is 18.5 Å². The van der Waals surface area contributed by atoms with Crippen molar-refractivity contribution in [3.63, 3.8) is 0 Å². The minimum Gasteiger partial charge on any atom is -0.491 e. The number of carbonyl (C=O) groups is 1. The summed E-state index contributed by atoms with van der Waals surface area (Å²) >= 11 is 0. The number of nitrogens with two attached hydrogens (primary N) is 1. The first-order chi connectivity index (χ1) is 24.2. The van der Waals surface area contributed by atoms with Gasteiger partial charge in [0, 0.05) is 17.4 Å². The van der Waals surface area contributed by atoms with Crippen molar-refractivity contribution in [3.05, 3.63) is 126 Å². The van der Waals surface area contributed by atoms with Gasteiger partial charge in [0.25, 0.3) is 14.2 Å². The Kier molecular flexibility index (Phi) is 10.1. The van der Waals surface area contributed by atoms with Crippen LogP contribution in [-0.2, 0) is 17.5 Å². The number of nitrogens with one attached hydrogen (secondary N) is 2. The SMILES string of the molecule is CCc1c(CO)cccc1Nc1c(C(N)=O)cnc2[nH]c(-c3ccc(OCCO[Si](c4ccccc4)(c4ccccc4)C(C)(C)C)cc3)nc12. The van der Waals surface area contributed by atoms with Gasteiger partial charge >= 0.3 is 0 Å². The first-order valence-electron chi connectivity index (χ1n) is 16.8. The number of hydrogen-bond donors (Lipinski definition) is 4. The Balaban J connectivity index is 1.21. The van der Waals surface area contributed by atoms with Crippen molar-refractivity contribution < 1.29 is 19.1 Å². The first kappa shape index (κ1) is 34.6. The van der Waals surface area contributed by atoms with Crippen LogP contribution in [0.2, 0.25) is 5.04 Å². The van der Waals surface area contributed by atoms with Gasteiger partial charge in [-0.15, -0.1) is 0 Å². The zero-order valence-electron chi connectivity index (χ0n) is 28.9. The number of H-pyrrole nitrogens is 1. The summed E-state index contributed by atoms with van der Waals surface area (Å²) in [5.74, 6) is 0.671. The smallest absolute Gasteiger partial charge is 0.261 e. The average molecular weight is 686 g/mol. The minimum absolute atomic E-state index is 0.0901. The third-order valence-electron chi connectivity index (χ3n) is 9.05. The van der Waals surface area contributed by atoms with Crippen LogP contribution in [-0.4, -0.2) is 47.5 Å². The maximum Gasteiger partial charge on any atom is 0.261 e. The van der Waals surface area contributed by atoms with Gasteiger partial charge in [-0.05, 0) is 63.3 Å². The predicted molar refractivity (Wildman–Crippen MR) is 202 cm³/mol. The van der Waals surface area contributed by atoms with Crippen molar-refractivity contribution in [2.24, 2.45) is 5.73 Å². The monoisotopic (exact) mass is 685 g/mol. The molecule has 0 aliphatic heterocycles. The Bertz CT molecular complexity index is 2040. The van der Waals surface area contributed by atoms with E-state index in [4.69, 9.17) is 19.9 Å². The Morgan fingerprint density at radius 3 is 2.14 bits per heavy atom. The fourth-order valence-corrected chi connectivity index (χ4v) is 11.2. The number of anilines is 2. The van der Waals surface area contributed by atoms with E-state index in [0.717, 1.165) is 22.4 Å². The standard InChI is InChI=1S/C40H43N5O4Si/c1-5-32-28(26-46)13-12-18-34(32)43-35-33(37(41)47)25-42-39-36(35)44-38(45-39)27-19-21-29(22-20-27)48-23-24-49-50(40(2,3)4,30-14-8-6-9-15-30)31-16-10-7-11-17-31/h6-22,25,46H,5,23-24,26H2,1-4H3,(H2,41,47)(H2,42,43,44,45). The molecule has 256 valence electrons. The third-order valence-corrected chi connectivity index (χ3v) is 14.1. The molecule has 6 aromatic rings. The number of pyridine rings is 1. The number of amides is 1. The second-order valence-electron chi connectivity index (χ2n) is 13.2. The number of aromatic amines is 1. The molecular weight excluding hydrogens is 643 g/mol. The zero-order valence-corrected chi connectivity index (χ0v) is 29.9. The van der Waals surface area contributed by atoms with E-state index >= 15 is 0 Å². The first-order valence-corrected chi connectivity index (χ1v) is 18.7. The molecular formula is C40H43N5O4Si. The fourth-order valence-electron chi connectivity index (χ4n) is 6.68. The molecule has 0 radical (unpaired) electrons. The number of primary amides is 1. The predicted octanol–water partition coefficient (Wildman–Crippen LogP) is 6.48. The molecule has 0 aliphatic carbocycles. The van der Waals surface area contributed by atoms with E-state index < -0.39 is 14.2 Å². The van der Waals surface area contributed by atoms with Gasteiger partial charge in [-0.2, -0.15) is 0 Å². The molecule has 0 unspecified atom stereocenters. The van der Waals surface area contributed by atoms with Gasteiger partial charge in [0.2, 0.25) is 0 Å². The lowest BCUT2D eigenvalue weighted by molar-refractivity contribution is 0.100. The van der Waals surface area contributed by atoms with Crippen LogP contribution in [0, 0.1) is 0 Å². The maximum absolute atomic E-state index is 12.4. The summed E-state index contributed by atoms with van der Waals surface area (Å²) in [4.78, 5) is 25.0. The van der Waals surface area contributed by atoms with E-state index in [1.807, 2.05) is 61.5 Å². The lowest BCUT2D eigenvalue weighted by atomic mass is 10.0. The Morgan fingerprint density at radius 1 is 0.900 bits per heavy atom. The molecule has 4 aromatic carbocycles. The number of aliphatic hydroxyl groups is 1. The number of carbonyl (C=O) groups excluding carboxylic acids is 1. The molecule has 6 rings (SSSR count). The van der Waals surface area contributed by atoms with Gasteiger partial charge in [0.15, 0.2) is 5.65 Å². The highest BCUT2D eigenvalue weighted by molar-refractivity contribution is 6.99. The van der Waals surface area contributed by atoms with E-state index in [-0.39, 0.29) is 17.2 Å². The number of ether oxygens (including phenoxy) is 1. The van der Waals surface area contributed by atoms with E-state index in [1.54, 1.807) is 0 Å². The fraction of sp³-hybridized carbons (Fsp3) is 0.225. The molecule has 2 aromatic heterocycles. The van der Waals surface area contributed by atoms with Crippen molar-refractivity contribution in [2.45, 2.75) is 45.8 Å². The van der Waals surface area contributed by atoms with Crippen LogP contribution in [0.5, 0.6) is 5.75 Å². The molecule has 0 saturated heterocycles. The molecule has 0 fully saturated rings. The summed E-state index contributed by atoms with van der Waals surface area (Å²) in [5, 5.41) is 15.6. The zero-order chi connectivity index (χ0) is 35.3. The highest BCUT2D eigenvalue weighted by Gasteiger charge is 2.50. The molecule has 0 aliphatic rings. The van der Waals surface area contributed by atoms with Crippen LogP contribution in [0.25, 0.3) is 22.6 Å². The summed E-state index contributed by atoms with van der Waals surface area (Å²) in [6.45, 7) is 9.53. The van der Waals surface area contributed by atoms with Gasteiger partial charge in [0.05, 0.1) is 24.5 Å². The summed E-state index contributed by atoms with van der Waals surface area (Å²) in [5.41, 5.74) is 10.8. The molecule has 10 heteroatoms. The van der Waals surface area contributed by atoms with Crippen LogP contribution in [0.4, 0.5) is 11.4 Å². The van der Waals surface area contributed by atoms with Gasteiger partial charge in [-0.1, -0.05) is 100 Å². The maximum atomic E-state index is 12.4. The molecule has 5 N–H and O–H groups in total. The largest absolute Gasteiger partial charge is 0.491 e. The average Bonchev–Trinajstić information content (AvgIpc) is 3.57. The Labute approximate surface area is 293 Å². The number of hydrogen-bond acceptors (Lipinski definition) is 7. The third kappa shape index (κ3) is 6.78. The number of rotatable bonds is 13. The van der Waals surface area contributed by atoms with Crippen LogP contribution in [0.1, 0.15) is 49.2 Å². The number of aromatic nitrogens is 3. The quantitative estimate of drug-likeness (QED) is 0.0808. The van der Waals surface area contributed by atoms with E-state index in [0.29, 0.717) is 48.1 Å². The Morgan fingerprint density at radius 2 is 1.56 bits per heavy atom. The summed E-state index contributed by atoms with van der Waals surface area (Å²) in [6, 6.07) is 34.4. The molecule has 9 nitrogen and oxygen atoms in total.